The van der Waals surface area contributed by atoms with Crippen LogP contribution in [0.4, 0.5) is 0 Å². The average molecular weight is 392 g/mol. The minimum absolute atomic E-state index is 0.736. The molecule has 1 aromatic heterocycles. The molecule has 30 heavy (non-hydrogen) atoms. The number of rotatable bonds is 6. The number of benzene rings is 3. The summed E-state index contributed by atoms with van der Waals surface area (Å²) in [6.07, 6.45) is 6.11. The lowest BCUT2D eigenvalue weighted by atomic mass is 10.0. The molecule has 146 valence electrons. The van der Waals surface area contributed by atoms with Gasteiger partial charge in [-0.1, -0.05) is 65.9 Å². The van der Waals surface area contributed by atoms with E-state index in [0.29, 0.717) is 0 Å². The third kappa shape index (κ3) is 3.91. The highest BCUT2D eigenvalue weighted by atomic mass is 16.5. The Morgan fingerprint density at radius 1 is 0.767 bits per heavy atom. The molecule has 5 heteroatoms. The Labute approximate surface area is 174 Å². The van der Waals surface area contributed by atoms with E-state index in [1.807, 2.05) is 42.5 Å². The molecule has 5 rings (SSSR count). The van der Waals surface area contributed by atoms with Crippen molar-refractivity contribution >= 4 is 17.2 Å². The second-order valence-corrected chi connectivity index (χ2v) is 7.13. The number of ether oxygens (including phenoxy) is 1. The van der Waals surface area contributed by atoms with Crippen LogP contribution in [0.2, 0.25) is 0 Å². The first-order valence-electron chi connectivity index (χ1n) is 9.92. The molecule has 0 amide bonds. The summed E-state index contributed by atoms with van der Waals surface area (Å²) in [7, 11) is 0. The Morgan fingerprint density at radius 2 is 1.50 bits per heavy atom. The van der Waals surface area contributed by atoms with Crippen molar-refractivity contribution in [1.29, 1.82) is 0 Å². The predicted octanol–water partition coefficient (Wildman–Crippen LogP) is 5.56. The van der Waals surface area contributed by atoms with E-state index in [1.54, 1.807) is 0 Å². The summed E-state index contributed by atoms with van der Waals surface area (Å²) in [6.45, 7) is 0. The summed E-state index contributed by atoms with van der Waals surface area (Å²) in [5.74, 6) is 2.40. The topological polar surface area (TPSA) is 63.7 Å². The van der Waals surface area contributed by atoms with Gasteiger partial charge in [0.05, 0.1) is 0 Å². The molecule has 0 radical (unpaired) electrons. The van der Waals surface area contributed by atoms with Crippen LogP contribution in [-0.2, 0) is 6.42 Å². The summed E-state index contributed by atoms with van der Waals surface area (Å²) in [5, 5.41) is 14.3. The zero-order valence-electron chi connectivity index (χ0n) is 16.3. The number of aromatic nitrogens is 4. The molecule has 1 N–H and O–H groups in total. The summed E-state index contributed by atoms with van der Waals surface area (Å²) in [5.41, 5.74) is 6.17. The van der Waals surface area contributed by atoms with E-state index in [9.17, 15) is 0 Å². The third-order valence-electron chi connectivity index (χ3n) is 5.10. The van der Waals surface area contributed by atoms with Crippen molar-refractivity contribution in [2.75, 3.05) is 0 Å². The van der Waals surface area contributed by atoms with Gasteiger partial charge in [0.2, 0.25) is 0 Å². The summed E-state index contributed by atoms with van der Waals surface area (Å²) < 4.78 is 5.89. The van der Waals surface area contributed by atoms with E-state index >= 15 is 0 Å². The van der Waals surface area contributed by atoms with E-state index in [1.165, 1.54) is 22.3 Å². The molecule has 1 aliphatic carbocycles. The van der Waals surface area contributed by atoms with Crippen molar-refractivity contribution in [2.24, 2.45) is 0 Å². The molecule has 0 fully saturated rings. The minimum atomic E-state index is 0.736. The fourth-order valence-electron chi connectivity index (χ4n) is 3.66. The maximum Gasteiger partial charge on any atom is 0.174 e. The summed E-state index contributed by atoms with van der Waals surface area (Å²) in [4.78, 5) is 0. The number of hydrogen-bond donors (Lipinski definition) is 1. The number of fused-ring (bicyclic) bond motifs is 1. The van der Waals surface area contributed by atoms with Gasteiger partial charge in [-0.05, 0) is 64.6 Å². The molecular formula is C25H20N4O. The molecule has 1 heterocycles. The van der Waals surface area contributed by atoms with Gasteiger partial charge >= 0.3 is 0 Å². The van der Waals surface area contributed by atoms with E-state index in [2.05, 4.69) is 69.2 Å². The fourth-order valence-corrected chi connectivity index (χ4v) is 3.66. The third-order valence-corrected chi connectivity index (χ3v) is 5.10. The van der Waals surface area contributed by atoms with Crippen LogP contribution in [0.15, 0.2) is 84.9 Å². The van der Waals surface area contributed by atoms with Crippen LogP contribution < -0.4 is 4.74 Å². The number of nitrogens with zero attached hydrogens (tertiary/aromatic N) is 3. The van der Waals surface area contributed by atoms with Crippen LogP contribution in [-0.4, -0.2) is 20.6 Å². The maximum atomic E-state index is 5.89. The average Bonchev–Trinajstić information content (AvgIpc) is 3.43. The largest absolute Gasteiger partial charge is 0.457 e. The number of hydrogen-bond acceptors (Lipinski definition) is 4. The van der Waals surface area contributed by atoms with Gasteiger partial charge in [-0.15, -0.1) is 10.2 Å². The Hall–Kier alpha value is -3.99. The number of allylic oxidation sites excluding steroid dienone is 3. The molecule has 0 saturated carbocycles. The van der Waals surface area contributed by atoms with Gasteiger partial charge in [0.1, 0.15) is 11.5 Å². The highest BCUT2D eigenvalue weighted by Gasteiger charge is 2.18. The summed E-state index contributed by atoms with van der Waals surface area (Å²) >= 11 is 0. The zero-order valence-corrected chi connectivity index (χ0v) is 16.3. The Kier molecular flexibility index (Phi) is 4.92. The highest BCUT2D eigenvalue weighted by molar-refractivity contribution is 6.01. The molecular weight excluding hydrogens is 372 g/mol. The lowest BCUT2D eigenvalue weighted by Gasteiger charge is -2.06. The normalized spacial score (nSPS) is 13.9. The highest BCUT2D eigenvalue weighted by Crippen LogP contribution is 2.38. The van der Waals surface area contributed by atoms with E-state index in [0.717, 1.165) is 35.7 Å². The van der Waals surface area contributed by atoms with E-state index in [4.69, 9.17) is 4.74 Å². The SMILES string of the molecule is C1=C(CCc2nn[nH]n2)c2ccccc2/C1=C/c1ccc(Oc2ccccc2)cc1. The Morgan fingerprint density at radius 3 is 2.27 bits per heavy atom. The molecule has 0 saturated heterocycles. The molecule has 3 aromatic carbocycles. The van der Waals surface area contributed by atoms with Crippen molar-refractivity contribution in [3.05, 3.63) is 107 Å². The van der Waals surface area contributed by atoms with Crippen LogP contribution in [0.1, 0.15) is 28.9 Å². The number of nitrogens with one attached hydrogen (secondary N) is 1. The lowest BCUT2D eigenvalue weighted by Crippen LogP contribution is -1.91. The molecule has 4 aromatic rings. The van der Waals surface area contributed by atoms with Crippen molar-refractivity contribution in [3.63, 3.8) is 0 Å². The molecule has 0 spiro atoms. The molecule has 5 nitrogen and oxygen atoms in total. The molecule has 0 bridgehead atoms. The van der Waals surface area contributed by atoms with Gasteiger partial charge < -0.3 is 4.74 Å². The number of tetrazole rings is 1. The molecule has 0 unspecified atom stereocenters. The first-order chi connectivity index (χ1) is 14.8. The van der Waals surface area contributed by atoms with Gasteiger partial charge in [0.15, 0.2) is 5.82 Å². The maximum absolute atomic E-state index is 5.89. The monoisotopic (exact) mass is 392 g/mol. The standard InChI is InChI=1S/C25H20N4O/c1-2-6-21(7-3-1)30-22-13-10-18(11-14-22)16-20-17-19(12-15-25-26-28-29-27-25)23-8-4-5-9-24(20)23/h1-11,13-14,16-17H,12,15H2,(H,26,27,28,29)/b20-16+. The van der Waals surface area contributed by atoms with Crippen molar-refractivity contribution < 1.29 is 4.74 Å². The molecule has 0 aliphatic heterocycles. The van der Waals surface area contributed by atoms with Crippen LogP contribution >= 0.6 is 0 Å². The van der Waals surface area contributed by atoms with E-state index < -0.39 is 0 Å². The quantitative estimate of drug-likeness (QED) is 0.466. The van der Waals surface area contributed by atoms with Crippen molar-refractivity contribution in [1.82, 2.24) is 20.6 Å². The van der Waals surface area contributed by atoms with Crippen molar-refractivity contribution in [2.45, 2.75) is 12.8 Å². The van der Waals surface area contributed by atoms with Crippen LogP contribution in [0, 0.1) is 0 Å². The number of aromatic amines is 1. The Balaban J connectivity index is 1.37. The first-order valence-corrected chi connectivity index (χ1v) is 9.92. The van der Waals surface area contributed by atoms with Gasteiger partial charge in [-0.3, -0.25) is 0 Å². The Bertz CT molecular complexity index is 1190. The lowest BCUT2D eigenvalue weighted by molar-refractivity contribution is 0.482. The summed E-state index contributed by atoms with van der Waals surface area (Å²) in [6, 6.07) is 26.5. The fraction of sp³-hybridized carbons (Fsp3) is 0.0800. The second kappa shape index (κ2) is 8.17. The molecule has 0 atom stereocenters. The first kappa shape index (κ1) is 18.1. The van der Waals surface area contributed by atoms with Crippen LogP contribution in [0.5, 0.6) is 11.5 Å². The predicted molar refractivity (Wildman–Crippen MR) is 118 cm³/mol. The van der Waals surface area contributed by atoms with Crippen LogP contribution in [0.25, 0.3) is 17.2 Å². The van der Waals surface area contributed by atoms with Crippen LogP contribution in [0.3, 0.4) is 0 Å². The van der Waals surface area contributed by atoms with Gasteiger partial charge in [0, 0.05) is 6.42 Å². The second-order valence-electron chi connectivity index (χ2n) is 7.13. The van der Waals surface area contributed by atoms with Gasteiger partial charge in [-0.2, -0.15) is 5.21 Å². The minimum Gasteiger partial charge on any atom is -0.457 e. The number of H-pyrrole nitrogens is 1. The number of aryl methyl sites for hydroxylation is 1. The number of para-hydroxylation sites is 1. The van der Waals surface area contributed by atoms with E-state index in [-0.39, 0.29) is 0 Å². The zero-order chi connectivity index (χ0) is 20.2. The van der Waals surface area contributed by atoms with Gasteiger partial charge in [-0.25, -0.2) is 0 Å². The smallest absolute Gasteiger partial charge is 0.174 e. The van der Waals surface area contributed by atoms with Gasteiger partial charge in [0.25, 0.3) is 0 Å². The molecule has 1 aliphatic rings. The van der Waals surface area contributed by atoms with Crippen molar-refractivity contribution in [3.8, 4) is 11.5 Å².